The van der Waals surface area contributed by atoms with Crippen LogP contribution in [0, 0.1) is 0 Å². The number of nitrogens with zero attached hydrogens (tertiary/aromatic N) is 1. The van der Waals surface area contributed by atoms with E-state index < -0.39 is 32.9 Å². The van der Waals surface area contributed by atoms with Gasteiger partial charge in [0.05, 0.1) is 16.1 Å². The van der Waals surface area contributed by atoms with Gasteiger partial charge >= 0.3 is 6.18 Å². The number of nitrogens with one attached hydrogen (secondary N) is 2. The number of hydrogen-bond acceptors (Lipinski definition) is 5. The van der Waals surface area contributed by atoms with Crippen LogP contribution in [0.5, 0.6) is 0 Å². The van der Waals surface area contributed by atoms with Gasteiger partial charge in [0.25, 0.3) is 10.0 Å². The number of hydrogen-bond donors (Lipinski definition) is 2. The van der Waals surface area contributed by atoms with E-state index >= 15 is 0 Å². The fourth-order valence-corrected chi connectivity index (χ4v) is 5.60. The fraction of sp³-hybridized carbons (Fsp3) is 0.300. The molecule has 12 heteroatoms. The summed E-state index contributed by atoms with van der Waals surface area (Å²) in [5.74, 6) is -0.791. The van der Waals surface area contributed by atoms with Gasteiger partial charge in [-0.2, -0.15) is 13.2 Å². The Bertz CT molecular complexity index is 1160. The molecule has 0 spiro atoms. The Balaban J connectivity index is 1.52. The lowest BCUT2D eigenvalue weighted by Gasteiger charge is -2.27. The summed E-state index contributed by atoms with van der Waals surface area (Å²) in [4.78, 5) is 27.1. The number of carbonyl (C=O) groups excluding carboxylic acids is 2. The molecular weight excluding hydrogens is 467 g/mol. The minimum atomic E-state index is -4.53. The summed E-state index contributed by atoms with van der Waals surface area (Å²) in [6, 6.07) is 7.65. The molecule has 0 saturated carbocycles. The number of sulfonamides is 1. The van der Waals surface area contributed by atoms with Gasteiger partial charge in [-0.3, -0.25) is 14.3 Å². The summed E-state index contributed by atoms with van der Waals surface area (Å²) < 4.78 is 65.6. The highest BCUT2D eigenvalue weighted by Gasteiger charge is 2.37. The number of alkyl halides is 3. The molecule has 0 bridgehead atoms. The summed E-state index contributed by atoms with van der Waals surface area (Å²) in [5, 5.41) is 1.65. The van der Waals surface area contributed by atoms with Crippen molar-refractivity contribution in [3.8, 4) is 0 Å². The van der Waals surface area contributed by atoms with Crippen molar-refractivity contribution in [3.63, 3.8) is 0 Å². The predicted octanol–water partition coefficient (Wildman–Crippen LogP) is 3.54. The van der Waals surface area contributed by atoms with Crippen LogP contribution in [0.4, 0.5) is 24.5 Å². The van der Waals surface area contributed by atoms with Crippen LogP contribution in [0.1, 0.15) is 18.4 Å². The standard InChI is InChI=1S/C20H18F3N3O4S2/c21-20(22,23)12-3-5-13(6-4-12)25-32(29,30)14-7-8-16-15(11-14)24-18(27)17(31-16)19(28)26-9-1-2-10-26/h3-8,11,17,25H,1-2,9-10H2,(H,24,27). The third-order valence-corrected chi connectivity index (χ3v) is 7.75. The van der Waals surface area contributed by atoms with Crippen LogP contribution in [0.15, 0.2) is 52.3 Å². The van der Waals surface area contributed by atoms with Gasteiger partial charge < -0.3 is 10.2 Å². The summed E-state index contributed by atoms with van der Waals surface area (Å²) in [6.45, 7) is 1.23. The Morgan fingerprint density at radius 3 is 2.38 bits per heavy atom. The zero-order chi connectivity index (χ0) is 23.1. The molecule has 1 unspecified atom stereocenters. The molecule has 2 aliphatic rings. The first-order valence-electron chi connectivity index (χ1n) is 9.65. The van der Waals surface area contributed by atoms with Gasteiger partial charge in [0.15, 0.2) is 5.25 Å². The SMILES string of the molecule is O=C1Nc2cc(S(=O)(=O)Nc3ccc(C(F)(F)F)cc3)ccc2SC1C(=O)N1CCCC1. The van der Waals surface area contributed by atoms with E-state index in [0.29, 0.717) is 18.0 Å². The highest BCUT2D eigenvalue weighted by Crippen LogP contribution is 2.38. The van der Waals surface area contributed by atoms with Crippen molar-refractivity contribution in [2.45, 2.75) is 34.1 Å². The average Bonchev–Trinajstić information content (AvgIpc) is 3.26. The normalized spacial score (nSPS) is 18.8. The minimum Gasteiger partial charge on any atom is -0.341 e. The number of amides is 2. The van der Waals surface area contributed by atoms with Gasteiger partial charge in [0.1, 0.15) is 0 Å². The van der Waals surface area contributed by atoms with Crippen molar-refractivity contribution in [1.82, 2.24) is 4.90 Å². The van der Waals surface area contributed by atoms with Gasteiger partial charge in [-0.15, -0.1) is 11.8 Å². The lowest BCUT2D eigenvalue weighted by Crippen LogP contribution is -2.43. The van der Waals surface area contributed by atoms with Crippen molar-refractivity contribution >= 4 is 45.0 Å². The zero-order valence-corrected chi connectivity index (χ0v) is 18.1. The first-order chi connectivity index (χ1) is 15.0. The van der Waals surface area contributed by atoms with Crippen molar-refractivity contribution in [1.29, 1.82) is 0 Å². The van der Waals surface area contributed by atoms with Gasteiger partial charge in [-0.1, -0.05) is 0 Å². The van der Waals surface area contributed by atoms with Gasteiger partial charge in [0, 0.05) is 23.7 Å². The Morgan fingerprint density at radius 2 is 1.75 bits per heavy atom. The molecule has 0 aliphatic carbocycles. The van der Waals surface area contributed by atoms with Gasteiger partial charge in [-0.05, 0) is 55.3 Å². The fourth-order valence-electron chi connectivity index (χ4n) is 3.46. The molecule has 1 atom stereocenters. The van der Waals surface area contributed by atoms with E-state index in [2.05, 4.69) is 10.0 Å². The smallest absolute Gasteiger partial charge is 0.341 e. The number of benzene rings is 2. The van der Waals surface area contributed by atoms with E-state index in [1.54, 1.807) is 4.90 Å². The molecule has 2 aliphatic heterocycles. The highest BCUT2D eigenvalue weighted by molar-refractivity contribution is 8.01. The number of halogens is 3. The molecule has 0 aromatic heterocycles. The Morgan fingerprint density at radius 1 is 1.09 bits per heavy atom. The molecule has 2 aromatic rings. The molecule has 2 heterocycles. The molecule has 1 fully saturated rings. The van der Waals surface area contributed by atoms with E-state index in [-0.39, 0.29) is 22.2 Å². The zero-order valence-electron chi connectivity index (χ0n) is 16.5. The Kier molecular flexibility index (Phi) is 5.84. The number of likely N-dealkylation sites (tertiary alicyclic amines) is 1. The van der Waals surface area contributed by atoms with E-state index in [0.717, 1.165) is 48.9 Å². The Labute approximate surface area is 186 Å². The van der Waals surface area contributed by atoms with Crippen LogP contribution in [0.3, 0.4) is 0 Å². The maximum atomic E-state index is 12.7. The summed E-state index contributed by atoms with van der Waals surface area (Å²) in [5.41, 5.74) is -0.682. The largest absolute Gasteiger partial charge is 0.416 e. The summed E-state index contributed by atoms with van der Waals surface area (Å²) in [6.07, 6.45) is -2.73. The lowest BCUT2D eigenvalue weighted by molar-refractivity contribution is -0.137. The molecule has 4 rings (SSSR count). The first kappa shape index (κ1) is 22.5. The van der Waals surface area contributed by atoms with Gasteiger partial charge in [0.2, 0.25) is 11.8 Å². The third kappa shape index (κ3) is 4.56. The second kappa shape index (κ2) is 8.32. The van der Waals surface area contributed by atoms with Crippen LogP contribution in [0.2, 0.25) is 0 Å². The first-order valence-corrected chi connectivity index (χ1v) is 12.0. The van der Waals surface area contributed by atoms with Gasteiger partial charge in [-0.25, -0.2) is 8.42 Å². The number of carbonyl (C=O) groups is 2. The molecule has 2 aromatic carbocycles. The van der Waals surface area contributed by atoms with Crippen molar-refractivity contribution in [2.24, 2.45) is 0 Å². The predicted molar refractivity (Wildman–Crippen MR) is 113 cm³/mol. The number of anilines is 2. The van der Waals surface area contributed by atoms with Crippen LogP contribution in [0.25, 0.3) is 0 Å². The molecule has 2 amide bonds. The molecule has 1 saturated heterocycles. The molecular formula is C20H18F3N3O4S2. The summed E-state index contributed by atoms with van der Waals surface area (Å²) in [7, 11) is -4.12. The van der Waals surface area contributed by atoms with E-state index in [1.165, 1.54) is 18.2 Å². The van der Waals surface area contributed by atoms with Crippen molar-refractivity contribution < 1.29 is 31.2 Å². The second-order valence-corrected chi connectivity index (χ2v) is 10.2. The molecule has 170 valence electrons. The number of rotatable bonds is 4. The van der Waals surface area contributed by atoms with Crippen LogP contribution in [-0.4, -0.2) is 43.5 Å². The third-order valence-electron chi connectivity index (χ3n) is 5.11. The van der Waals surface area contributed by atoms with Crippen LogP contribution < -0.4 is 10.0 Å². The topological polar surface area (TPSA) is 95.6 Å². The lowest BCUT2D eigenvalue weighted by atomic mass is 10.2. The van der Waals surface area contributed by atoms with E-state index in [4.69, 9.17) is 0 Å². The number of fused-ring (bicyclic) bond motifs is 1. The highest BCUT2D eigenvalue weighted by atomic mass is 32.2. The minimum absolute atomic E-state index is 0.0367. The van der Waals surface area contributed by atoms with Crippen molar-refractivity contribution in [2.75, 3.05) is 23.1 Å². The van der Waals surface area contributed by atoms with Crippen molar-refractivity contribution in [3.05, 3.63) is 48.0 Å². The second-order valence-electron chi connectivity index (χ2n) is 7.36. The summed E-state index contributed by atoms with van der Waals surface area (Å²) >= 11 is 1.06. The molecule has 2 N–H and O–H groups in total. The average molecular weight is 486 g/mol. The Hall–Kier alpha value is -2.73. The molecule has 32 heavy (non-hydrogen) atoms. The monoisotopic (exact) mass is 485 g/mol. The van der Waals surface area contributed by atoms with Crippen LogP contribution in [-0.2, 0) is 25.8 Å². The van der Waals surface area contributed by atoms with E-state index in [1.807, 2.05) is 0 Å². The maximum Gasteiger partial charge on any atom is 0.416 e. The van der Waals surface area contributed by atoms with E-state index in [9.17, 15) is 31.2 Å². The van der Waals surface area contributed by atoms with Crippen LogP contribution >= 0.6 is 11.8 Å². The maximum absolute atomic E-state index is 12.7. The molecule has 7 nitrogen and oxygen atoms in total. The quantitative estimate of drug-likeness (QED) is 0.646. The molecule has 0 radical (unpaired) electrons. The number of thioether (sulfide) groups is 1.